The van der Waals surface area contributed by atoms with Crippen molar-refractivity contribution >= 4 is 44.8 Å². The van der Waals surface area contributed by atoms with Gasteiger partial charge in [0.05, 0.1) is 24.1 Å². The minimum atomic E-state index is -3.53. The van der Waals surface area contributed by atoms with E-state index < -0.39 is 10.0 Å². The topological polar surface area (TPSA) is 75.7 Å². The highest BCUT2D eigenvalue weighted by Crippen LogP contribution is 2.23. The molecule has 1 amide bonds. The standard InChI is InChI=1S/C17H18Cl2N2O4S/c1-21(9-10-25-14-6-3-12(18)4-7-14)17(22)15-11-13(19)5-8-16(15)20-26(2,23)24/h3-8,11,20H,9-10H2,1-2H3. The van der Waals surface area contributed by atoms with Crippen molar-refractivity contribution in [3.05, 3.63) is 58.1 Å². The van der Waals surface area contributed by atoms with Gasteiger partial charge in [0.1, 0.15) is 12.4 Å². The second kappa shape index (κ2) is 8.62. The van der Waals surface area contributed by atoms with Crippen LogP contribution in [0.1, 0.15) is 10.4 Å². The summed E-state index contributed by atoms with van der Waals surface area (Å²) in [5.41, 5.74) is 0.337. The number of ether oxygens (including phenoxy) is 1. The highest BCUT2D eigenvalue weighted by Gasteiger charge is 2.18. The molecule has 0 atom stereocenters. The molecule has 2 rings (SSSR count). The van der Waals surface area contributed by atoms with Crippen LogP contribution in [0.4, 0.5) is 5.69 Å². The number of hydrogen-bond donors (Lipinski definition) is 1. The maximum absolute atomic E-state index is 12.7. The zero-order chi connectivity index (χ0) is 19.3. The van der Waals surface area contributed by atoms with Gasteiger partial charge < -0.3 is 9.64 Å². The van der Waals surface area contributed by atoms with Crippen molar-refractivity contribution in [1.82, 2.24) is 4.90 Å². The molecule has 0 bridgehead atoms. The lowest BCUT2D eigenvalue weighted by Gasteiger charge is -2.19. The van der Waals surface area contributed by atoms with Gasteiger partial charge in [-0.1, -0.05) is 23.2 Å². The number of nitrogens with zero attached hydrogens (tertiary/aromatic N) is 1. The number of carbonyl (C=O) groups excluding carboxylic acids is 1. The normalized spacial score (nSPS) is 11.1. The van der Waals surface area contributed by atoms with Crippen molar-refractivity contribution < 1.29 is 17.9 Å². The summed E-state index contributed by atoms with van der Waals surface area (Å²) in [6, 6.07) is 11.3. The quantitative estimate of drug-likeness (QED) is 0.748. The van der Waals surface area contributed by atoms with Gasteiger partial charge in [-0.05, 0) is 42.5 Å². The minimum absolute atomic E-state index is 0.164. The molecule has 0 heterocycles. The van der Waals surface area contributed by atoms with Gasteiger partial charge in [-0.3, -0.25) is 9.52 Å². The fraction of sp³-hybridized carbons (Fsp3) is 0.235. The molecule has 0 fully saturated rings. The largest absolute Gasteiger partial charge is 0.492 e. The van der Waals surface area contributed by atoms with E-state index in [1.165, 1.54) is 23.1 Å². The smallest absolute Gasteiger partial charge is 0.255 e. The Morgan fingerprint density at radius 2 is 1.73 bits per heavy atom. The molecule has 0 aromatic heterocycles. The third-order valence-corrected chi connectivity index (χ3v) is 4.44. The Kier molecular flexibility index (Phi) is 6.75. The number of carbonyl (C=O) groups is 1. The molecule has 0 radical (unpaired) electrons. The number of nitrogens with one attached hydrogen (secondary N) is 1. The molecule has 6 nitrogen and oxygen atoms in total. The Labute approximate surface area is 162 Å². The van der Waals surface area contributed by atoms with E-state index in [0.717, 1.165) is 6.26 Å². The van der Waals surface area contributed by atoms with Gasteiger partial charge in [-0.2, -0.15) is 0 Å². The van der Waals surface area contributed by atoms with Crippen molar-refractivity contribution in [2.45, 2.75) is 0 Å². The summed E-state index contributed by atoms with van der Waals surface area (Å²) in [6.07, 6.45) is 1.01. The number of amides is 1. The summed E-state index contributed by atoms with van der Waals surface area (Å²) >= 11 is 11.8. The first-order valence-electron chi connectivity index (χ1n) is 7.57. The number of anilines is 1. The molecule has 0 spiro atoms. The molecular weight excluding hydrogens is 399 g/mol. The fourth-order valence-corrected chi connectivity index (χ4v) is 3.00. The van der Waals surface area contributed by atoms with Crippen LogP contribution in [-0.4, -0.2) is 45.7 Å². The number of likely N-dealkylation sites (N-methyl/N-ethyl adjacent to an activating group) is 1. The molecule has 9 heteroatoms. The van der Waals surface area contributed by atoms with E-state index >= 15 is 0 Å². The lowest BCUT2D eigenvalue weighted by atomic mass is 10.1. The first-order valence-corrected chi connectivity index (χ1v) is 10.2. The average molecular weight is 417 g/mol. The summed E-state index contributed by atoms with van der Waals surface area (Å²) in [7, 11) is -1.93. The van der Waals surface area contributed by atoms with Crippen LogP contribution in [0.5, 0.6) is 5.75 Å². The predicted octanol–water partition coefficient (Wildman–Crippen LogP) is 3.52. The van der Waals surface area contributed by atoms with Gasteiger partial charge in [0.15, 0.2) is 0 Å². The molecule has 1 N–H and O–H groups in total. The van der Waals surface area contributed by atoms with Crippen molar-refractivity contribution in [1.29, 1.82) is 0 Å². The Bertz CT molecular complexity index is 886. The predicted molar refractivity (Wildman–Crippen MR) is 104 cm³/mol. The molecule has 0 saturated carbocycles. The first kappa shape index (κ1) is 20.4. The van der Waals surface area contributed by atoms with Crippen LogP contribution in [0, 0.1) is 0 Å². The molecule has 0 aliphatic rings. The second-order valence-corrected chi connectivity index (χ2v) is 8.21. The van der Waals surface area contributed by atoms with Gasteiger partial charge in [-0.25, -0.2) is 8.42 Å². The van der Waals surface area contributed by atoms with Gasteiger partial charge in [0.2, 0.25) is 10.0 Å². The van der Waals surface area contributed by atoms with Gasteiger partial charge in [0.25, 0.3) is 5.91 Å². The lowest BCUT2D eigenvalue weighted by molar-refractivity contribution is 0.0775. The second-order valence-electron chi connectivity index (χ2n) is 5.59. The zero-order valence-electron chi connectivity index (χ0n) is 14.2. The first-order chi connectivity index (χ1) is 12.2. The van der Waals surface area contributed by atoms with Crippen molar-refractivity contribution in [2.75, 3.05) is 31.2 Å². The van der Waals surface area contributed by atoms with Crippen LogP contribution in [0.2, 0.25) is 10.0 Å². The Hall–Kier alpha value is -1.96. The number of benzene rings is 2. The lowest BCUT2D eigenvalue weighted by Crippen LogP contribution is -2.31. The van der Waals surface area contributed by atoms with Crippen LogP contribution >= 0.6 is 23.2 Å². The summed E-state index contributed by atoms with van der Waals surface area (Å²) in [5.74, 6) is 0.260. The minimum Gasteiger partial charge on any atom is -0.492 e. The molecule has 0 aliphatic heterocycles. The summed E-state index contributed by atoms with van der Waals surface area (Å²) in [5, 5.41) is 0.940. The van der Waals surface area contributed by atoms with E-state index in [1.54, 1.807) is 31.3 Å². The highest BCUT2D eigenvalue weighted by molar-refractivity contribution is 7.92. The van der Waals surface area contributed by atoms with E-state index in [1.807, 2.05) is 0 Å². The Morgan fingerprint density at radius 1 is 1.12 bits per heavy atom. The molecule has 2 aromatic carbocycles. The van der Waals surface area contributed by atoms with E-state index in [-0.39, 0.29) is 23.8 Å². The summed E-state index contributed by atoms with van der Waals surface area (Å²) in [4.78, 5) is 14.1. The van der Waals surface area contributed by atoms with E-state index in [2.05, 4.69) is 4.72 Å². The summed E-state index contributed by atoms with van der Waals surface area (Å²) < 4.78 is 30.9. The van der Waals surface area contributed by atoms with Crippen LogP contribution in [0.15, 0.2) is 42.5 Å². The van der Waals surface area contributed by atoms with Crippen LogP contribution in [0.3, 0.4) is 0 Å². The molecule has 2 aromatic rings. The van der Waals surface area contributed by atoms with Crippen molar-refractivity contribution in [3.63, 3.8) is 0 Å². The third-order valence-electron chi connectivity index (χ3n) is 3.36. The number of hydrogen-bond acceptors (Lipinski definition) is 4. The highest BCUT2D eigenvalue weighted by atomic mass is 35.5. The van der Waals surface area contributed by atoms with Crippen molar-refractivity contribution in [3.8, 4) is 5.75 Å². The van der Waals surface area contributed by atoms with E-state index in [9.17, 15) is 13.2 Å². The van der Waals surface area contributed by atoms with E-state index in [4.69, 9.17) is 27.9 Å². The maximum atomic E-state index is 12.7. The number of rotatable bonds is 7. The monoisotopic (exact) mass is 416 g/mol. The van der Waals surface area contributed by atoms with Gasteiger partial charge >= 0.3 is 0 Å². The van der Waals surface area contributed by atoms with Gasteiger partial charge in [-0.15, -0.1) is 0 Å². The SMILES string of the molecule is CN(CCOc1ccc(Cl)cc1)C(=O)c1cc(Cl)ccc1NS(C)(=O)=O. The third kappa shape index (κ3) is 6.09. The van der Waals surface area contributed by atoms with Crippen LogP contribution < -0.4 is 9.46 Å². The summed E-state index contributed by atoms with van der Waals surface area (Å²) in [6.45, 7) is 0.561. The number of halogens is 2. The van der Waals surface area contributed by atoms with Gasteiger partial charge in [0, 0.05) is 17.1 Å². The zero-order valence-corrected chi connectivity index (χ0v) is 16.5. The molecule has 140 valence electrons. The molecule has 0 saturated heterocycles. The molecular formula is C17H18Cl2N2O4S. The maximum Gasteiger partial charge on any atom is 0.255 e. The molecule has 0 unspecified atom stereocenters. The van der Waals surface area contributed by atoms with E-state index in [0.29, 0.717) is 22.3 Å². The van der Waals surface area contributed by atoms with Crippen LogP contribution in [0.25, 0.3) is 0 Å². The molecule has 0 aliphatic carbocycles. The Morgan fingerprint density at radius 3 is 2.35 bits per heavy atom. The number of sulfonamides is 1. The fourth-order valence-electron chi connectivity index (χ4n) is 2.12. The van der Waals surface area contributed by atoms with Crippen molar-refractivity contribution in [2.24, 2.45) is 0 Å². The van der Waals surface area contributed by atoms with Crippen LogP contribution in [-0.2, 0) is 10.0 Å². The molecule has 26 heavy (non-hydrogen) atoms. The Balaban J connectivity index is 2.05. The average Bonchev–Trinajstić information content (AvgIpc) is 2.56.